The molecule has 0 aliphatic heterocycles. The number of hydrogen-bond acceptors (Lipinski definition) is 3. The fourth-order valence-corrected chi connectivity index (χ4v) is 1.02. The van der Waals surface area contributed by atoms with E-state index in [0.29, 0.717) is 0 Å². The van der Waals surface area contributed by atoms with E-state index in [0.717, 1.165) is 18.0 Å². The van der Waals surface area contributed by atoms with E-state index in [9.17, 15) is 18.0 Å². The third-order valence-corrected chi connectivity index (χ3v) is 1.74. The van der Waals surface area contributed by atoms with E-state index in [1.807, 2.05) is 0 Å². The van der Waals surface area contributed by atoms with E-state index in [4.69, 9.17) is 0 Å². The molecule has 0 unspecified atom stereocenters. The van der Waals surface area contributed by atoms with Crippen LogP contribution in [-0.4, -0.2) is 28.8 Å². The topological polar surface area (TPSA) is 44.1 Å². The lowest BCUT2D eigenvalue weighted by Gasteiger charge is -2.08. The molecule has 0 saturated heterocycles. The molecule has 84 valence electrons. The van der Waals surface area contributed by atoms with Crippen molar-refractivity contribution in [2.75, 3.05) is 7.11 Å². The molecule has 0 bridgehead atoms. The first-order valence-electron chi connectivity index (χ1n) is 4.09. The number of carbonyl (C=O) groups is 1. The molecule has 1 rings (SSSR count). The minimum Gasteiger partial charge on any atom is -0.464 e. The summed E-state index contributed by atoms with van der Waals surface area (Å²) in [7, 11) is 1.16. The van der Waals surface area contributed by atoms with Gasteiger partial charge in [0.05, 0.1) is 26.1 Å². The first-order chi connectivity index (χ1) is 6.94. The van der Waals surface area contributed by atoms with Crippen LogP contribution in [0.1, 0.15) is 16.9 Å². The van der Waals surface area contributed by atoms with Crippen molar-refractivity contribution < 1.29 is 22.7 Å². The van der Waals surface area contributed by atoms with E-state index < -0.39 is 18.6 Å². The second kappa shape index (κ2) is 4.33. The standard InChI is InChI=1S/C8H9F3N2O2/c1-15-7(14)6-4-12-5-13(6)3-2-8(9,10)11/h4-5H,2-3H2,1H3. The quantitative estimate of drug-likeness (QED) is 0.730. The zero-order valence-electron chi connectivity index (χ0n) is 7.91. The molecule has 1 heterocycles. The van der Waals surface area contributed by atoms with Crippen LogP contribution < -0.4 is 0 Å². The minimum atomic E-state index is -4.25. The van der Waals surface area contributed by atoms with Gasteiger partial charge >= 0.3 is 12.1 Å². The molecule has 0 fully saturated rings. The smallest absolute Gasteiger partial charge is 0.390 e. The lowest BCUT2D eigenvalue weighted by Crippen LogP contribution is -2.15. The second-order valence-corrected chi connectivity index (χ2v) is 2.83. The van der Waals surface area contributed by atoms with Crippen molar-refractivity contribution in [1.82, 2.24) is 9.55 Å². The Morgan fingerprint density at radius 3 is 2.80 bits per heavy atom. The fourth-order valence-electron chi connectivity index (χ4n) is 1.02. The van der Waals surface area contributed by atoms with Crippen LogP contribution in [0.15, 0.2) is 12.5 Å². The molecule has 0 amide bonds. The van der Waals surface area contributed by atoms with E-state index >= 15 is 0 Å². The van der Waals surface area contributed by atoms with Crippen molar-refractivity contribution in [3.05, 3.63) is 18.2 Å². The van der Waals surface area contributed by atoms with E-state index in [1.54, 1.807) is 0 Å². The van der Waals surface area contributed by atoms with Gasteiger partial charge in [0.15, 0.2) is 0 Å². The number of rotatable bonds is 3. The highest BCUT2D eigenvalue weighted by Gasteiger charge is 2.27. The molecule has 0 spiro atoms. The van der Waals surface area contributed by atoms with Crippen molar-refractivity contribution in [2.45, 2.75) is 19.1 Å². The summed E-state index contributed by atoms with van der Waals surface area (Å²) >= 11 is 0. The fraction of sp³-hybridized carbons (Fsp3) is 0.500. The second-order valence-electron chi connectivity index (χ2n) is 2.83. The third-order valence-electron chi connectivity index (χ3n) is 1.74. The molecule has 0 radical (unpaired) electrons. The number of carbonyl (C=O) groups excluding carboxylic acids is 1. The molecule has 1 aromatic heterocycles. The Kier molecular flexibility index (Phi) is 3.33. The zero-order chi connectivity index (χ0) is 11.5. The molecule has 15 heavy (non-hydrogen) atoms. The van der Waals surface area contributed by atoms with Crippen molar-refractivity contribution in [3.63, 3.8) is 0 Å². The van der Waals surface area contributed by atoms with Crippen LogP contribution in [0, 0.1) is 0 Å². The maximum absolute atomic E-state index is 11.9. The number of aryl methyl sites for hydroxylation is 1. The highest BCUT2D eigenvalue weighted by molar-refractivity contribution is 5.87. The normalized spacial score (nSPS) is 11.5. The Morgan fingerprint density at radius 1 is 1.60 bits per heavy atom. The van der Waals surface area contributed by atoms with E-state index in [2.05, 4.69) is 9.72 Å². The molecule has 0 atom stereocenters. The predicted molar refractivity (Wildman–Crippen MR) is 44.2 cm³/mol. The van der Waals surface area contributed by atoms with Crippen LogP contribution >= 0.6 is 0 Å². The summed E-state index contributed by atoms with van der Waals surface area (Å²) in [4.78, 5) is 14.6. The average Bonchev–Trinajstić information content (AvgIpc) is 2.60. The molecular formula is C8H9F3N2O2. The first-order valence-corrected chi connectivity index (χ1v) is 4.09. The van der Waals surface area contributed by atoms with Gasteiger partial charge in [-0.15, -0.1) is 0 Å². The molecule has 0 aliphatic carbocycles. The number of alkyl halides is 3. The molecule has 7 heteroatoms. The van der Waals surface area contributed by atoms with Gasteiger partial charge in [-0.3, -0.25) is 0 Å². The summed E-state index contributed by atoms with van der Waals surface area (Å²) < 4.78 is 41.2. The molecule has 1 aromatic rings. The van der Waals surface area contributed by atoms with Crippen LogP contribution in [0.25, 0.3) is 0 Å². The van der Waals surface area contributed by atoms with Crippen molar-refractivity contribution in [2.24, 2.45) is 0 Å². The molecule has 0 aliphatic rings. The summed E-state index contributed by atoms with van der Waals surface area (Å²) in [5.41, 5.74) is 0.0155. The Hall–Kier alpha value is -1.53. The lowest BCUT2D eigenvalue weighted by atomic mass is 10.4. The highest BCUT2D eigenvalue weighted by Crippen LogP contribution is 2.20. The molecule has 4 nitrogen and oxygen atoms in total. The van der Waals surface area contributed by atoms with Crippen molar-refractivity contribution in [3.8, 4) is 0 Å². The molecule has 0 aromatic carbocycles. The van der Waals surface area contributed by atoms with Crippen LogP contribution in [0.3, 0.4) is 0 Å². The van der Waals surface area contributed by atoms with Gasteiger partial charge in [-0.1, -0.05) is 0 Å². The van der Waals surface area contributed by atoms with Gasteiger partial charge in [-0.25, -0.2) is 9.78 Å². The summed E-state index contributed by atoms with van der Waals surface area (Å²) in [6.45, 7) is -0.339. The number of nitrogens with zero attached hydrogens (tertiary/aromatic N) is 2. The number of hydrogen-bond donors (Lipinski definition) is 0. The number of halogens is 3. The maximum Gasteiger partial charge on any atom is 0.390 e. The van der Waals surface area contributed by atoms with Gasteiger partial charge in [0.2, 0.25) is 0 Å². The van der Waals surface area contributed by atoms with Gasteiger partial charge in [0.1, 0.15) is 5.69 Å². The lowest BCUT2D eigenvalue weighted by molar-refractivity contribution is -0.136. The van der Waals surface area contributed by atoms with Gasteiger partial charge in [0, 0.05) is 6.54 Å². The van der Waals surface area contributed by atoms with Crippen LogP contribution in [0.2, 0.25) is 0 Å². The number of aromatic nitrogens is 2. The summed E-state index contributed by atoms with van der Waals surface area (Å²) in [6.07, 6.45) is -2.93. The van der Waals surface area contributed by atoms with Crippen LogP contribution in [0.4, 0.5) is 13.2 Å². The number of methoxy groups -OCH3 is 1. The maximum atomic E-state index is 11.9. The monoisotopic (exact) mass is 222 g/mol. The average molecular weight is 222 g/mol. The molecule has 0 N–H and O–H groups in total. The largest absolute Gasteiger partial charge is 0.464 e. The first kappa shape index (κ1) is 11.5. The summed E-state index contributed by atoms with van der Waals surface area (Å²) in [5.74, 6) is -0.699. The van der Waals surface area contributed by atoms with Crippen LogP contribution in [0.5, 0.6) is 0 Å². The van der Waals surface area contributed by atoms with Crippen molar-refractivity contribution in [1.29, 1.82) is 0 Å². The van der Waals surface area contributed by atoms with E-state index in [1.165, 1.54) is 6.20 Å². The SMILES string of the molecule is COC(=O)c1cncn1CCC(F)(F)F. The van der Waals surface area contributed by atoms with Gasteiger partial charge < -0.3 is 9.30 Å². The van der Waals surface area contributed by atoms with Crippen molar-refractivity contribution >= 4 is 5.97 Å². The Morgan fingerprint density at radius 2 is 2.27 bits per heavy atom. The zero-order valence-corrected chi connectivity index (χ0v) is 7.91. The minimum absolute atomic E-state index is 0.0155. The number of esters is 1. The van der Waals surface area contributed by atoms with Gasteiger partial charge in [-0.2, -0.15) is 13.2 Å². The summed E-state index contributed by atoms with van der Waals surface area (Å²) in [5, 5.41) is 0. The Labute approximate surface area is 83.7 Å². The predicted octanol–water partition coefficient (Wildman–Crippen LogP) is 1.62. The number of imidazole rings is 1. The molecule has 0 saturated carbocycles. The highest BCUT2D eigenvalue weighted by atomic mass is 19.4. The van der Waals surface area contributed by atoms with E-state index in [-0.39, 0.29) is 12.2 Å². The number of ether oxygens (including phenoxy) is 1. The Bertz CT molecular complexity index is 346. The third kappa shape index (κ3) is 3.26. The Balaban J connectivity index is 2.70. The molecular weight excluding hydrogens is 213 g/mol. The summed E-state index contributed by atoms with van der Waals surface area (Å²) in [6, 6.07) is 0. The van der Waals surface area contributed by atoms with Gasteiger partial charge in [0.25, 0.3) is 0 Å². The van der Waals surface area contributed by atoms with Gasteiger partial charge in [-0.05, 0) is 0 Å². The van der Waals surface area contributed by atoms with Crippen LogP contribution in [-0.2, 0) is 11.3 Å².